The topological polar surface area (TPSA) is 85.5 Å². The standard InChI is InChI=1S/C38H33F2N3O4/c1-45-30-12-10-26(11-13-30)31-9-6-14-41-38(31)34(17-25-15-28(39)19-29(40)16-25)43-37(44)18-27-22-42-33-21-35(46-2)36(20-32(27)33)47-23-24-7-4-3-5-8-24/h3-16,19-22,34,42H,17-18,23H2,1-2H3,(H,43,44)/t34-/m0/s1. The number of amides is 1. The third-order valence-corrected chi connectivity index (χ3v) is 7.91. The monoisotopic (exact) mass is 633 g/mol. The Morgan fingerprint density at radius 3 is 2.34 bits per heavy atom. The van der Waals surface area contributed by atoms with Crippen LogP contribution in [-0.2, 0) is 24.2 Å². The first-order chi connectivity index (χ1) is 22.9. The first-order valence-corrected chi connectivity index (χ1v) is 15.1. The second-order valence-corrected chi connectivity index (χ2v) is 11.1. The summed E-state index contributed by atoms with van der Waals surface area (Å²) in [4.78, 5) is 21.6. The number of pyridine rings is 1. The molecule has 0 aliphatic rings. The lowest BCUT2D eigenvalue weighted by atomic mass is 9.95. The minimum absolute atomic E-state index is 0.0309. The normalized spacial score (nSPS) is 11.7. The average molecular weight is 634 g/mol. The minimum Gasteiger partial charge on any atom is -0.497 e. The number of methoxy groups -OCH3 is 2. The van der Waals surface area contributed by atoms with Gasteiger partial charge >= 0.3 is 0 Å². The first kappa shape index (κ1) is 31.3. The smallest absolute Gasteiger partial charge is 0.225 e. The molecule has 0 saturated carbocycles. The van der Waals surface area contributed by atoms with Gasteiger partial charge in [-0.15, -0.1) is 0 Å². The Balaban J connectivity index is 1.29. The summed E-state index contributed by atoms with van der Waals surface area (Å²) in [6.45, 7) is 0.353. The summed E-state index contributed by atoms with van der Waals surface area (Å²) in [6, 6.07) is 27.4. The van der Waals surface area contributed by atoms with Gasteiger partial charge in [-0.25, -0.2) is 8.78 Å². The van der Waals surface area contributed by atoms with Gasteiger partial charge in [0.1, 0.15) is 24.0 Å². The van der Waals surface area contributed by atoms with Gasteiger partial charge in [-0.3, -0.25) is 9.78 Å². The number of aromatic amines is 1. The largest absolute Gasteiger partial charge is 0.497 e. The molecule has 0 radical (unpaired) electrons. The fourth-order valence-corrected chi connectivity index (χ4v) is 5.65. The van der Waals surface area contributed by atoms with Gasteiger partial charge in [-0.1, -0.05) is 48.5 Å². The second-order valence-electron chi connectivity index (χ2n) is 11.1. The molecule has 1 amide bonds. The maximum Gasteiger partial charge on any atom is 0.225 e. The molecule has 2 N–H and O–H groups in total. The summed E-state index contributed by atoms with van der Waals surface area (Å²) >= 11 is 0. The summed E-state index contributed by atoms with van der Waals surface area (Å²) < 4.78 is 45.4. The zero-order valence-corrected chi connectivity index (χ0v) is 25.9. The van der Waals surface area contributed by atoms with Crippen molar-refractivity contribution in [1.82, 2.24) is 15.3 Å². The molecule has 0 unspecified atom stereocenters. The van der Waals surface area contributed by atoms with Crippen LogP contribution in [0.3, 0.4) is 0 Å². The van der Waals surface area contributed by atoms with Crippen LogP contribution in [0.5, 0.6) is 17.2 Å². The van der Waals surface area contributed by atoms with E-state index in [1.54, 1.807) is 26.6 Å². The zero-order chi connectivity index (χ0) is 32.8. The Kier molecular flexibility index (Phi) is 9.43. The second kappa shape index (κ2) is 14.2. The molecular formula is C38H33F2N3O4. The summed E-state index contributed by atoms with van der Waals surface area (Å²) in [5.74, 6) is 0.136. The van der Waals surface area contributed by atoms with Crippen molar-refractivity contribution in [3.05, 3.63) is 143 Å². The molecule has 0 aliphatic heterocycles. The fourth-order valence-electron chi connectivity index (χ4n) is 5.65. The van der Waals surface area contributed by atoms with E-state index in [1.165, 1.54) is 12.1 Å². The number of hydrogen-bond donors (Lipinski definition) is 2. The number of carbonyl (C=O) groups is 1. The molecule has 0 aliphatic carbocycles. The van der Waals surface area contributed by atoms with E-state index in [2.05, 4.69) is 15.3 Å². The molecule has 6 aromatic rings. The van der Waals surface area contributed by atoms with E-state index in [-0.39, 0.29) is 18.7 Å². The number of hydrogen-bond acceptors (Lipinski definition) is 5. The van der Waals surface area contributed by atoms with Gasteiger partial charge in [0.2, 0.25) is 5.91 Å². The van der Waals surface area contributed by atoms with Crippen LogP contribution in [0.15, 0.2) is 109 Å². The average Bonchev–Trinajstić information content (AvgIpc) is 3.47. The quantitative estimate of drug-likeness (QED) is 0.144. The molecule has 1 atom stereocenters. The maximum absolute atomic E-state index is 14.2. The first-order valence-electron chi connectivity index (χ1n) is 15.1. The number of carbonyl (C=O) groups excluding carboxylic acids is 1. The van der Waals surface area contributed by atoms with Crippen molar-refractivity contribution in [2.75, 3.05) is 14.2 Å². The number of benzene rings is 4. The van der Waals surface area contributed by atoms with Crippen LogP contribution < -0.4 is 19.5 Å². The Labute approximate surface area is 271 Å². The van der Waals surface area contributed by atoms with Gasteiger partial charge in [0, 0.05) is 41.0 Å². The molecule has 238 valence electrons. The van der Waals surface area contributed by atoms with Crippen molar-refractivity contribution in [3.63, 3.8) is 0 Å². The van der Waals surface area contributed by atoms with Crippen LogP contribution in [0, 0.1) is 11.6 Å². The Morgan fingerprint density at radius 2 is 1.62 bits per heavy atom. The van der Waals surface area contributed by atoms with E-state index >= 15 is 0 Å². The molecule has 0 saturated heterocycles. The van der Waals surface area contributed by atoms with Crippen molar-refractivity contribution in [2.24, 2.45) is 0 Å². The van der Waals surface area contributed by atoms with E-state index < -0.39 is 17.7 Å². The molecule has 0 fully saturated rings. The van der Waals surface area contributed by atoms with E-state index in [0.29, 0.717) is 35.1 Å². The highest BCUT2D eigenvalue weighted by atomic mass is 19.1. The number of aromatic nitrogens is 2. The molecule has 7 nitrogen and oxygen atoms in total. The van der Waals surface area contributed by atoms with Crippen LogP contribution in [0.1, 0.15) is 28.4 Å². The zero-order valence-electron chi connectivity index (χ0n) is 25.9. The molecule has 9 heteroatoms. The van der Waals surface area contributed by atoms with Crippen molar-refractivity contribution < 1.29 is 27.8 Å². The maximum atomic E-state index is 14.2. The minimum atomic E-state index is -0.697. The van der Waals surface area contributed by atoms with Crippen molar-refractivity contribution >= 4 is 16.8 Å². The van der Waals surface area contributed by atoms with E-state index in [4.69, 9.17) is 14.2 Å². The van der Waals surface area contributed by atoms with Gasteiger partial charge < -0.3 is 24.5 Å². The summed E-state index contributed by atoms with van der Waals surface area (Å²) in [5.41, 5.74) is 5.13. The number of H-pyrrole nitrogens is 1. The van der Waals surface area contributed by atoms with Gasteiger partial charge in [0.25, 0.3) is 0 Å². The van der Waals surface area contributed by atoms with Crippen LogP contribution in [0.25, 0.3) is 22.0 Å². The third kappa shape index (κ3) is 7.41. The molecule has 47 heavy (non-hydrogen) atoms. The van der Waals surface area contributed by atoms with Gasteiger partial charge in [0.05, 0.1) is 32.4 Å². The van der Waals surface area contributed by atoms with Gasteiger partial charge in [-0.05, 0) is 65.1 Å². The summed E-state index contributed by atoms with van der Waals surface area (Å²) in [7, 11) is 3.17. The molecule has 2 heterocycles. The SMILES string of the molecule is COc1ccc(-c2cccnc2[C@H](Cc2cc(F)cc(F)c2)NC(=O)Cc2c[nH]c3cc(OC)c(OCc4ccccc4)cc23)cc1. The lowest BCUT2D eigenvalue weighted by Crippen LogP contribution is -2.32. The summed E-state index contributed by atoms with van der Waals surface area (Å²) in [5, 5.41) is 3.91. The van der Waals surface area contributed by atoms with Crippen LogP contribution >= 0.6 is 0 Å². The van der Waals surface area contributed by atoms with Crippen molar-refractivity contribution in [3.8, 4) is 28.4 Å². The van der Waals surface area contributed by atoms with Crippen LogP contribution in [0.2, 0.25) is 0 Å². The predicted molar refractivity (Wildman–Crippen MR) is 176 cm³/mol. The third-order valence-electron chi connectivity index (χ3n) is 7.91. The molecule has 4 aromatic carbocycles. The Morgan fingerprint density at radius 1 is 0.851 bits per heavy atom. The van der Waals surface area contributed by atoms with E-state index in [9.17, 15) is 13.6 Å². The Hall–Kier alpha value is -5.70. The fraction of sp³-hybridized carbons (Fsp3) is 0.158. The molecule has 0 spiro atoms. The Bertz CT molecular complexity index is 1970. The molecule has 0 bridgehead atoms. The molecule has 2 aromatic heterocycles. The number of fused-ring (bicyclic) bond motifs is 1. The van der Waals surface area contributed by atoms with E-state index in [0.717, 1.165) is 39.2 Å². The lowest BCUT2D eigenvalue weighted by Gasteiger charge is -2.22. The number of nitrogens with one attached hydrogen (secondary N) is 2. The number of halogens is 2. The summed E-state index contributed by atoms with van der Waals surface area (Å²) in [6.07, 6.45) is 3.56. The number of nitrogens with zero attached hydrogens (tertiary/aromatic N) is 1. The molecule has 6 rings (SSSR count). The van der Waals surface area contributed by atoms with Crippen LogP contribution in [0.4, 0.5) is 8.78 Å². The highest BCUT2D eigenvalue weighted by Gasteiger charge is 2.23. The van der Waals surface area contributed by atoms with Crippen LogP contribution in [-0.4, -0.2) is 30.1 Å². The number of rotatable bonds is 12. The molecular weight excluding hydrogens is 600 g/mol. The van der Waals surface area contributed by atoms with Crippen molar-refractivity contribution in [2.45, 2.75) is 25.5 Å². The highest BCUT2D eigenvalue weighted by molar-refractivity contribution is 5.91. The number of ether oxygens (including phenoxy) is 3. The predicted octanol–water partition coefficient (Wildman–Crippen LogP) is 7.75. The van der Waals surface area contributed by atoms with E-state index in [1.807, 2.05) is 78.9 Å². The van der Waals surface area contributed by atoms with Crippen molar-refractivity contribution in [1.29, 1.82) is 0 Å². The highest BCUT2D eigenvalue weighted by Crippen LogP contribution is 2.35. The van der Waals surface area contributed by atoms with Gasteiger partial charge in [0.15, 0.2) is 11.5 Å². The lowest BCUT2D eigenvalue weighted by molar-refractivity contribution is -0.121. The van der Waals surface area contributed by atoms with Gasteiger partial charge in [-0.2, -0.15) is 0 Å².